The van der Waals surface area contributed by atoms with Crippen LogP contribution >= 0.6 is 0 Å². The smallest absolute Gasteiger partial charge is 0.425 e. The molecule has 0 aromatic rings. The molecule has 0 bridgehead atoms. The predicted molar refractivity (Wildman–Crippen MR) is 44.4 cm³/mol. The molecule has 1 heterocycles. The molecule has 0 saturated carbocycles. The molecule has 0 spiro atoms. The van der Waals surface area contributed by atoms with Crippen LogP contribution in [0, 0.1) is 0 Å². The van der Waals surface area contributed by atoms with Crippen LogP contribution in [0.4, 0.5) is 13.2 Å². The highest BCUT2D eigenvalue weighted by molar-refractivity contribution is 5.92. The summed E-state index contributed by atoms with van der Waals surface area (Å²) in [6.07, 6.45) is -7.13. The summed E-state index contributed by atoms with van der Waals surface area (Å²) in [5, 5.41) is 15.1. The summed E-state index contributed by atoms with van der Waals surface area (Å²) in [6.45, 7) is 0.405. The lowest BCUT2D eigenvalue weighted by molar-refractivity contribution is -0.224. The standard InChI is InChI=1S/C7H9F3N2O4/c8-7(9,10)6(14)16-5(13)3-15-12-4-1-11-2-4/h5,11,13H,1-3H2. The zero-order valence-electron chi connectivity index (χ0n) is 7.95. The van der Waals surface area contributed by atoms with Crippen molar-refractivity contribution in [3.05, 3.63) is 0 Å². The van der Waals surface area contributed by atoms with Gasteiger partial charge in [0.2, 0.25) is 6.29 Å². The molecule has 0 aliphatic carbocycles. The number of alkyl halides is 3. The summed E-state index contributed by atoms with van der Waals surface area (Å²) < 4.78 is 38.6. The number of nitrogens with one attached hydrogen (secondary N) is 1. The van der Waals surface area contributed by atoms with E-state index in [9.17, 15) is 18.0 Å². The monoisotopic (exact) mass is 242 g/mol. The molecule has 0 aromatic heterocycles. The van der Waals surface area contributed by atoms with Crippen molar-refractivity contribution in [1.82, 2.24) is 5.32 Å². The van der Waals surface area contributed by atoms with Crippen molar-refractivity contribution < 1.29 is 32.6 Å². The summed E-state index contributed by atoms with van der Waals surface area (Å²) >= 11 is 0. The summed E-state index contributed by atoms with van der Waals surface area (Å²) in [7, 11) is 0. The van der Waals surface area contributed by atoms with E-state index in [-0.39, 0.29) is 0 Å². The first-order chi connectivity index (χ1) is 7.39. The van der Waals surface area contributed by atoms with E-state index in [0.29, 0.717) is 18.8 Å². The SMILES string of the molecule is O=C(OC(O)CON=C1CNC1)C(F)(F)F. The fourth-order valence-electron chi connectivity index (χ4n) is 0.718. The Kier molecular flexibility index (Phi) is 4.07. The number of ether oxygens (including phenoxy) is 1. The molecule has 0 radical (unpaired) electrons. The summed E-state index contributed by atoms with van der Waals surface area (Å²) in [5.41, 5.74) is 0.661. The van der Waals surface area contributed by atoms with Crippen molar-refractivity contribution in [1.29, 1.82) is 0 Å². The molecule has 2 N–H and O–H groups in total. The van der Waals surface area contributed by atoms with Crippen LogP contribution in [-0.2, 0) is 14.4 Å². The average molecular weight is 242 g/mol. The Morgan fingerprint density at radius 1 is 1.56 bits per heavy atom. The highest BCUT2D eigenvalue weighted by atomic mass is 19.4. The van der Waals surface area contributed by atoms with Crippen LogP contribution in [0.15, 0.2) is 5.16 Å². The first-order valence-corrected chi connectivity index (χ1v) is 4.24. The van der Waals surface area contributed by atoms with E-state index < -0.39 is 25.0 Å². The lowest BCUT2D eigenvalue weighted by atomic mass is 10.2. The molecule has 1 rings (SSSR count). The molecule has 1 fully saturated rings. The number of aliphatic hydroxyl groups excluding tert-OH is 1. The second-order valence-electron chi connectivity index (χ2n) is 2.91. The van der Waals surface area contributed by atoms with Crippen LogP contribution in [0.3, 0.4) is 0 Å². The van der Waals surface area contributed by atoms with Gasteiger partial charge in [0.05, 0.1) is 5.71 Å². The normalized spacial score (nSPS) is 17.4. The number of oxime groups is 1. The van der Waals surface area contributed by atoms with E-state index in [0.717, 1.165) is 0 Å². The van der Waals surface area contributed by atoms with E-state index in [2.05, 4.69) is 20.0 Å². The van der Waals surface area contributed by atoms with Gasteiger partial charge >= 0.3 is 12.1 Å². The van der Waals surface area contributed by atoms with Gasteiger partial charge in [0.1, 0.15) is 0 Å². The topological polar surface area (TPSA) is 80.2 Å². The third kappa shape index (κ3) is 4.03. The van der Waals surface area contributed by atoms with Gasteiger partial charge in [-0.05, 0) is 0 Å². The molecule has 1 saturated heterocycles. The third-order valence-corrected chi connectivity index (χ3v) is 1.54. The van der Waals surface area contributed by atoms with Crippen molar-refractivity contribution in [2.24, 2.45) is 5.16 Å². The number of hydrogen-bond donors (Lipinski definition) is 2. The van der Waals surface area contributed by atoms with E-state index in [1.54, 1.807) is 0 Å². The van der Waals surface area contributed by atoms with Crippen LogP contribution in [0.5, 0.6) is 0 Å². The summed E-state index contributed by atoms with van der Waals surface area (Å²) in [5.74, 6) is -2.47. The van der Waals surface area contributed by atoms with Crippen molar-refractivity contribution in [2.75, 3.05) is 19.7 Å². The number of hydrogen-bond acceptors (Lipinski definition) is 6. The van der Waals surface area contributed by atoms with Gasteiger partial charge in [-0.15, -0.1) is 0 Å². The van der Waals surface area contributed by atoms with Gasteiger partial charge in [-0.2, -0.15) is 13.2 Å². The first kappa shape index (κ1) is 12.7. The van der Waals surface area contributed by atoms with Crippen molar-refractivity contribution >= 4 is 11.7 Å². The van der Waals surface area contributed by atoms with E-state index in [1.807, 2.05) is 0 Å². The maximum absolute atomic E-state index is 11.7. The Bertz CT molecular complexity index is 286. The maximum atomic E-state index is 11.7. The van der Waals surface area contributed by atoms with Crippen LogP contribution in [0.25, 0.3) is 0 Å². The minimum absolute atomic E-state index is 0.526. The molecule has 16 heavy (non-hydrogen) atoms. The number of halogens is 3. The van der Waals surface area contributed by atoms with Gasteiger partial charge in [-0.1, -0.05) is 5.16 Å². The molecule has 0 aromatic carbocycles. The van der Waals surface area contributed by atoms with E-state index in [4.69, 9.17) is 5.11 Å². The first-order valence-electron chi connectivity index (χ1n) is 4.24. The Labute approximate surface area is 88.0 Å². The Morgan fingerprint density at radius 3 is 2.62 bits per heavy atom. The Hall–Kier alpha value is -1.35. The zero-order chi connectivity index (χ0) is 12.2. The van der Waals surface area contributed by atoms with Gasteiger partial charge in [0.15, 0.2) is 6.61 Å². The summed E-state index contributed by atoms with van der Waals surface area (Å²) in [6, 6.07) is 0. The molecule has 92 valence electrons. The van der Waals surface area contributed by atoms with Crippen molar-refractivity contribution in [3.8, 4) is 0 Å². The molecular weight excluding hydrogens is 233 g/mol. The summed E-state index contributed by atoms with van der Waals surface area (Å²) in [4.78, 5) is 14.7. The fraction of sp³-hybridized carbons (Fsp3) is 0.714. The molecule has 1 aliphatic rings. The zero-order valence-corrected chi connectivity index (χ0v) is 7.95. The minimum Gasteiger partial charge on any atom is -0.425 e. The molecule has 9 heteroatoms. The van der Waals surface area contributed by atoms with Crippen LogP contribution < -0.4 is 5.32 Å². The van der Waals surface area contributed by atoms with Crippen molar-refractivity contribution in [2.45, 2.75) is 12.5 Å². The minimum atomic E-state index is -5.13. The number of carbonyl (C=O) groups is 1. The molecule has 1 unspecified atom stereocenters. The quantitative estimate of drug-likeness (QED) is 0.390. The molecule has 6 nitrogen and oxygen atoms in total. The average Bonchev–Trinajstić information content (AvgIpc) is 2.07. The number of carbonyl (C=O) groups excluding carboxylic acids is 1. The number of esters is 1. The number of nitrogens with zero attached hydrogens (tertiary/aromatic N) is 1. The van der Waals surface area contributed by atoms with E-state index >= 15 is 0 Å². The largest absolute Gasteiger partial charge is 0.491 e. The lowest BCUT2D eigenvalue weighted by Crippen LogP contribution is -2.42. The predicted octanol–water partition coefficient (Wildman–Crippen LogP) is -0.614. The highest BCUT2D eigenvalue weighted by Gasteiger charge is 2.42. The maximum Gasteiger partial charge on any atom is 0.491 e. The second-order valence-corrected chi connectivity index (χ2v) is 2.91. The molecule has 1 atom stereocenters. The second kappa shape index (κ2) is 5.12. The number of rotatable bonds is 4. The Balaban J connectivity index is 2.20. The Morgan fingerprint density at radius 2 is 2.19 bits per heavy atom. The molecule has 1 aliphatic heterocycles. The van der Waals surface area contributed by atoms with Gasteiger partial charge in [-0.3, -0.25) is 0 Å². The molecule has 0 amide bonds. The van der Waals surface area contributed by atoms with Crippen LogP contribution in [0.2, 0.25) is 0 Å². The van der Waals surface area contributed by atoms with E-state index in [1.165, 1.54) is 0 Å². The van der Waals surface area contributed by atoms with Gasteiger partial charge < -0.3 is 20.0 Å². The number of aliphatic hydroxyl groups is 1. The molecular formula is C7H9F3N2O4. The van der Waals surface area contributed by atoms with Gasteiger partial charge in [0, 0.05) is 13.1 Å². The third-order valence-electron chi connectivity index (χ3n) is 1.54. The van der Waals surface area contributed by atoms with Gasteiger partial charge in [-0.25, -0.2) is 4.79 Å². The fourth-order valence-corrected chi connectivity index (χ4v) is 0.718. The van der Waals surface area contributed by atoms with Crippen molar-refractivity contribution in [3.63, 3.8) is 0 Å². The lowest BCUT2D eigenvalue weighted by Gasteiger charge is -2.16. The van der Waals surface area contributed by atoms with Crippen LogP contribution in [0.1, 0.15) is 0 Å². The van der Waals surface area contributed by atoms with Crippen LogP contribution in [-0.4, -0.2) is 49.0 Å². The van der Waals surface area contributed by atoms with Gasteiger partial charge in [0.25, 0.3) is 0 Å². The highest BCUT2D eigenvalue weighted by Crippen LogP contribution is 2.17.